The molecule has 0 aliphatic carbocycles. The molecule has 2 amide bonds. The minimum Gasteiger partial charge on any atom is -0.492 e. The molecule has 0 heterocycles. The summed E-state index contributed by atoms with van der Waals surface area (Å²) >= 11 is 0. The molecule has 8 nitrogen and oxygen atoms in total. The third-order valence-electron chi connectivity index (χ3n) is 5.45. The van der Waals surface area contributed by atoms with Crippen molar-refractivity contribution in [2.75, 3.05) is 30.3 Å². The van der Waals surface area contributed by atoms with E-state index in [4.69, 9.17) is 4.74 Å². The van der Waals surface area contributed by atoms with Crippen LogP contribution in [0, 0.1) is 11.7 Å². The minimum atomic E-state index is -3.88. The van der Waals surface area contributed by atoms with Gasteiger partial charge in [-0.15, -0.1) is 0 Å². The van der Waals surface area contributed by atoms with Crippen molar-refractivity contribution < 1.29 is 27.1 Å². The van der Waals surface area contributed by atoms with Gasteiger partial charge in [-0.1, -0.05) is 45.0 Å². The number of anilines is 1. The fourth-order valence-electron chi connectivity index (χ4n) is 3.66. The number of nitrogens with zero attached hydrogens (tertiary/aromatic N) is 2. The van der Waals surface area contributed by atoms with Crippen molar-refractivity contribution in [3.63, 3.8) is 0 Å². The average Bonchev–Trinajstić information content (AvgIpc) is 2.82. The summed E-state index contributed by atoms with van der Waals surface area (Å²) in [5.74, 6) is -0.785. The summed E-state index contributed by atoms with van der Waals surface area (Å²) in [7, 11) is -3.88. The lowest BCUT2D eigenvalue weighted by molar-refractivity contribution is -0.140. The number of amides is 2. The van der Waals surface area contributed by atoms with E-state index in [-0.39, 0.29) is 24.1 Å². The van der Waals surface area contributed by atoms with E-state index in [1.54, 1.807) is 38.1 Å². The predicted octanol–water partition coefficient (Wildman–Crippen LogP) is 3.57. The first-order chi connectivity index (χ1) is 17.0. The van der Waals surface area contributed by atoms with Crippen LogP contribution in [0.25, 0.3) is 0 Å². The Labute approximate surface area is 213 Å². The van der Waals surface area contributed by atoms with Crippen molar-refractivity contribution in [2.45, 2.75) is 46.7 Å². The molecule has 2 aromatic carbocycles. The van der Waals surface area contributed by atoms with Gasteiger partial charge in [0.2, 0.25) is 21.8 Å². The topological polar surface area (TPSA) is 96.0 Å². The van der Waals surface area contributed by atoms with E-state index in [9.17, 15) is 22.4 Å². The maximum Gasteiger partial charge on any atom is 0.244 e. The highest BCUT2D eigenvalue weighted by molar-refractivity contribution is 7.92. The van der Waals surface area contributed by atoms with E-state index < -0.39 is 34.3 Å². The molecule has 0 aliphatic rings. The lowest BCUT2D eigenvalue weighted by Gasteiger charge is -2.33. The predicted molar refractivity (Wildman–Crippen MR) is 139 cm³/mol. The number of carbonyl (C=O) groups is 2. The van der Waals surface area contributed by atoms with Crippen LogP contribution in [0.1, 0.15) is 39.7 Å². The number of benzene rings is 2. The van der Waals surface area contributed by atoms with Crippen molar-refractivity contribution in [1.29, 1.82) is 0 Å². The number of ether oxygens (including phenoxy) is 1. The van der Waals surface area contributed by atoms with E-state index >= 15 is 0 Å². The van der Waals surface area contributed by atoms with E-state index in [2.05, 4.69) is 5.32 Å². The van der Waals surface area contributed by atoms with Gasteiger partial charge in [-0.25, -0.2) is 12.8 Å². The lowest BCUT2D eigenvalue weighted by atomic mass is 10.1. The first kappa shape index (κ1) is 29.1. The van der Waals surface area contributed by atoms with Crippen LogP contribution in [-0.2, 0) is 26.2 Å². The van der Waals surface area contributed by atoms with Crippen LogP contribution in [0.2, 0.25) is 0 Å². The zero-order chi connectivity index (χ0) is 26.9. The Morgan fingerprint density at radius 1 is 1.06 bits per heavy atom. The molecule has 2 rings (SSSR count). The second-order valence-corrected chi connectivity index (χ2v) is 10.8. The summed E-state index contributed by atoms with van der Waals surface area (Å²) in [5.41, 5.74) is 0.842. The highest BCUT2D eigenvalue weighted by Crippen LogP contribution is 2.30. The highest BCUT2D eigenvalue weighted by atomic mass is 32.2. The van der Waals surface area contributed by atoms with Gasteiger partial charge in [-0.3, -0.25) is 13.9 Å². The number of hydrogen-bond donors (Lipinski definition) is 1. The zero-order valence-corrected chi connectivity index (χ0v) is 22.3. The van der Waals surface area contributed by atoms with Gasteiger partial charge in [0.05, 0.1) is 18.6 Å². The van der Waals surface area contributed by atoms with Crippen LogP contribution in [-0.4, -0.2) is 57.1 Å². The number of carbonyl (C=O) groups excluding carboxylic acids is 2. The largest absolute Gasteiger partial charge is 0.492 e. The van der Waals surface area contributed by atoms with Gasteiger partial charge < -0.3 is 15.0 Å². The van der Waals surface area contributed by atoms with Crippen molar-refractivity contribution in [1.82, 2.24) is 10.2 Å². The van der Waals surface area contributed by atoms with Gasteiger partial charge in [0.1, 0.15) is 24.2 Å². The molecule has 2 aromatic rings. The van der Waals surface area contributed by atoms with E-state index in [0.717, 1.165) is 10.6 Å². The molecular formula is C26H36FN3O5S. The van der Waals surface area contributed by atoms with Crippen LogP contribution in [0.3, 0.4) is 0 Å². The summed E-state index contributed by atoms with van der Waals surface area (Å²) in [6.45, 7) is 7.71. The molecule has 0 saturated heterocycles. The van der Waals surface area contributed by atoms with Crippen molar-refractivity contribution >= 4 is 27.5 Å². The number of halogens is 1. The van der Waals surface area contributed by atoms with Gasteiger partial charge in [0.25, 0.3) is 0 Å². The summed E-state index contributed by atoms with van der Waals surface area (Å²) in [5, 5.41) is 2.86. The Morgan fingerprint density at radius 2 is 1.69 bits per heavy atom. The van der Waals surface area contributed by atoms with Crippen LogP contribution in [0.5, 0.6) is 5.75 Å². The highest BCUT2D eigenvalue weighted by Gasteiger charge is 2.32. The van der Waals surface area contributed by atoms with Crippen LogP contribution >= 0.6 is 0 Å². The van der Waals surface area contributed by atoms with Gasteiger partial charge >= 0.3 is 0 Å². The Balaban J connectivity index is 2.45. The molecule has 0 aromatic heterocycles. The van der Waals surface area contributed by atoms with Crippen LogP contribution in [0.15, 0.2) is 48.5 Å². The van der Waals surface area contributed by atoms with Gasteiger partial charge in [0, 0.05) is 13.1 Å². The zero-order valence-electron chi connectivity index (χ0n) is 21.5. The fourth-order valence-corrected chi connectivity index (χ4v) is 4.52. The molecule has 0 saturated carbocycles. The molecule has 0 radical (unpaired) electrons. The summed E-state index contributed by atoms with van der Waals surface area (Å²) < 4.78 is 45.6. The molecule has 0 unspecified atom stereocenters. The molecule has 0 spiro atoms. The fraction of sp³-hybridized carbons (Fsp3) is 0.462. The van der Waals surface area contributed by atoms with E-state index in [0.29, 0.717) is 30.9 Å². The average molecular weight is 522 g/mol. The second-order valence-electron chi connectivity index (χ2n) is 8.88. The molecule has 36 heavy (non-hydrogen) atoms. The number of sulfonamides is 1. The van der Waals surface area contributed by atoms with Gasteiger partial charge in [-0.05, 0) is 49.1 Å². The maximum atomic E-state index is 13.7. The standard InChI is InChI=1S/C26H36FN3O5S/c1-6-22(26(32)28-16-19(3)4)29(17-20-12-14-21(27)15-13-20)25(31)18-30(36(5,33)34)23-10-8-9-11-24(23)35-7-2/h8-15,19,22H,6-7,16-18H2,1-5H3,(H,28,32)/t22-/m0/s1. The SMILES string of the molecule is CCOc1ccccc1N(CC(=O)N(Cc1ccc(F)cc1)[C@@H](CC)C(=O)NCC(C)C)S(C)(=O)=O. The third kappa shape index (κ3) is 8.22. The number of hydrogen-bond acceptors (Lipinski definition) is 5. The summed E-state index contributed by atoms with van der Waals surface area (Å²) in [6.07, 6.45) is 1.32. The number of nitrogens with one attached hydrogen (secondary N) is 1. The Morgan fingerprint density at radius 3 is 2.25 bits per heavy atom. The molecule has 0 aliphatic heterocycles. The number of para-hydroxylation sites is 2. The second kappa shape index (κ2) is 13.2. The first-order valence-corrected chi connectivity index (χ1v) is 13.8. The van der Waals surface area contributed by atoms with Gasteiger partial charge in [0.15, 0.2) is 0 Å². The Bertz CT molecular complexity index is 1120. The molecule has 0 fully saturated rings. The smallest absolute Gasteiger partial charge is 0.244 e. The van der Waals surface area contributed by atoms with Crippen molar-refractivity contribution in [3.8, 4) is 5.75 Å². The van der Waals surface area contributed by atoms with Crippen molar-refractivity contribution in [2.24, 2.45) is 5.92 Å². The Hall–Kier alpha value is -3.14. The monoisotopic (exact) mass is 521 g/mol. The Kier molecular flexibility index (Phi) is 10.7. The van der Waals surface area contributed by atoms with Crippen LogP contribution in [0.4, 0.5) is 10.1 Å². The molecule has 198 valence electrons. The first-order valence-electron chi connectivity index (χ1n) is 12.0. The molecule has 0 bridgehead atoms. The summed E-state index contributed by atoms with van der Waals surface area (Å²) in [6, 6.07) is 11.3. The third-order valence-corrected chi connectivity index (χ3v) is 6.58. The quantitative estimate of drug-likeness (QED) is 0.435. The van der Waals surface area contributed by atoms with Crippen molar-refractivity contribution in [3.05, 3.63) is 59.9 Å². The lowest BCUT2D eigenvalue weighted by Crippen LogP contribution is -2.52. The summed E-state index contributed by atoms with van der Waals surface area (Å²) in [4.78, 5) is 28.1. The van der Waals surface area contributed by atoms with Crippen LogP contribution < -0.4 is 14.4 Å². The minimum absolute atomic E-state index is 0.0113. The van der Waals surface area contributed by atoms with E-state index in [1.807, 2.05) is 13.8 Å². The molecule has 1 atom stereocenters. The molecular weight excluding hydrogens is 485 g/mol. The van der Waals surface area contributed by atoms with E-state index in [1.165, 1.54) is 29.2 Å². The number of rotatable bonds is 13. The molecule has 1 N–H and O–H groups in total. The van der Waals surface area contributed by atoms with Gasteiger partial charge in [-0.2, -0.15) is 0 Å². The normalized spacial score (nSPS) is 12.2. The molecule has 10 heteroatoms. The maximum absolute atomic E-state index is 13.7.